The van der Waals surface area contributed by atoms with Crippen LogP contribution in [0.1, 0.15) is 71.2 Å². The number of hydrogen-bond acceptors (Lipinski definition) is 6. The van der Waals surface area contributed by atoms with E-state index < -0.39 is 0 Å². The summed E-state index contributed by atoms with van der Waals surface area (Å²) in [6.45, 7) is 4.00. The maximum absolute atomic E-state index is 12.5. The molecule has 0 unspecified atom stereocenters. The van der Waals surface area contributed by atoms with Gasteiger partial charge in [-0.2, -0.15) is 10.2 Å². The van der Waals surface area contributed by atoms with Gasteiger partial charge >= 0.3 is 0 Å². The first-order chi connectivity index (χ1) is 19.4. The van der Waals surface area contributed by atoms with Crippen LogP contribution in [0.4, 0.5) is 11.6 Å². The summed E-state index contributed by atoms with van der Waals surface area (Å²) >= 11 is 0. The number of benzene rings is 2. The number of anilines is 2. The molecule has 204 valence electrons. The number of amides is 2. The molecule has 4 aromatic rings. The van der Waals surface area contributed by atoms with E-state index in [0.717, 1.165) is 59.3 Å². The van der Waals surface area contributed by atoms with Crippen LogP contribution in [0.2, 0.25) is 0 Å². The molecule has 0 saturated heterocycles. The molecule has 2 aromatic heterocycles. The van der Waals surface area contributed by atoms with Gasteiger partial charge in [0.05, 0.1) is 24.2 Å². The molecular formula is C32H34N6O2. The zero-order chi connectivity index (χ0) is 27.9. The third kappa shape index (κ3) is 6.94. The number of rotatable bonds is 8. The van der Waals surface area contributed by atoms with Crippen LogP contribution in [0.15, 0.2) is 72.8 Å². The smallest absolute Gasteiger partial charge is 0.230 e. The Hall–Kier alpha value is -4.46. The van der Waals surface area contributed by atoms with Gasteiger partial charge in [0.25, 0.3) is 0 Å². The van der Waals surface area contributed by atoms with E-state index >= 15 is 0 Å². The molecule has 0 bridgehead atoms. The van der Waals surface area contributed by atoms with Crippen molar-refractivity contribution in [2.45, 2.75) is 64.2 Å². The third-order valence-corrected chi connectivity index (χ3v) is 7.64. The van der Waals surface area contributed by atoms with Crippen molar-refractivity contribution >= 4 is 23.5 Å². The number of nitrogens with one attached hydrogen (secondary N) is 2. The SMILES string of the molecule is Cc1ccccc1CC(=O)Nc1ccc([C@H]2CCC[C@H](c3ccc(NC(=O)Cc4ccccc4C)nn3)C2)nn1. The largest absolute Gasteiger partial charge is 0.309 e. The lowest BCUT2D eigenvalue weighted by Crippen LogP contribution is -2.19. The first kappa shape index (κ1) is 27.1. The van der Waals surface area contributed by atoms with Gasteiger partial charge in [0.15, 0.2) is 11.6 Å². The van der Waals surface area contributed by atoms with Gasteiger partial charge in [0.1, 0.15) is 0 Å². The molecule has 5 rings (SSSR count). The summed E-state index contributed by atoms with van der Waals surface area (Å²) < 4.78 is 0. The zero-order valence-corrected chi connectivity index (χ0v) is 22.9. The van der Waals surface area contributed by atoms with Gasteiger partial charge in [-0.05, 0) is 79.6 Å². The second-order valence-electron chi connectivity index (χ2n) is 10.6. The Labute approximate surface area is 234 Å². The summed E-state index contributed by atoms with van der Waals surface area (Å²) in [5, 5.41) is 23.2. The maximum Gasteiger partial charge on any atom is 0.230 e. The Morgan fingerprint density at radius 2 is 1.10 bits per heavy atom. The van der Waals surface area contributed by atoms with Gasteiger partial charge in [0, 0.05) is 11.8 Å². The van der Waals surface area contributed by atoms with Crippen molar-refractivity contribution in [1.82, 2.24) is 20.4 Å². The van der Waals surface area contributed by atoms with Gasteiger partial charge < -0.3 is 10.6 Å². The number of aromatic nitrogens is 4. The molecule has 0 radical (unpaired) electrons. The lowest BCUT2D eigenvalue weighted by atomic mass is 9.78. The van der Waals surface area contributed by atoms with Crippen LogP contribution < -0.4 is 10.6 Å². The number of carbonyl (C=O) groups is 2. The normalized spacial score (nSPS) is 16.8. The van der Waals surface area contributed by atoms with Crippen molar-refractivity contribution < 1.29 is 9.59 Å². The molecule has 8 nitrogen and oxygen atoms in total. The van der Waals surface area contributed by atoms with Crippen molar-refractivity contribution in [3.8, 4) is 0 Å². The summed E-state index contributed by atoms with van der Waals surface area (Å²) in [6, 6.07) is 23.3. The van der Waals surface area contributed by atoms with E-state index in [4.69, 9.17) is 0 Å². The van der Waals surface area contributed by atoms with Crippen molar-refractivity contribution in [3.63, 3.8) is 0 Å². The fraction of sp³-hybridized carbons (Fsp3) is 0.312. The first-order valence-corrected chi connectivity index (χ1v) is 13.8. The fourth-order valence-corrected chi connectivity index (χ4v) is 5.32. The standard InChI is InChI=1S/C32H34N6O2/c1-21-8-3-5-10-23(21)19-31(39)33-29-16-14-27(35-37-29)25-12-7-13-26(18-25)28-15-17-30(38-36-28)34-32(40)20-24-11-6-4-9-22(24)2/h3-6,8-11,14-17,25-26H,7,12-13,18-20H2,1-2H3,(H,33,37,39)(H,34,38,40)/t25-,26-/m0/s1. The third-order valence-electron chi connectivity index (χ3n) is 7.64. The minimum atomic E-state index is -0.109. The van der Waals surface area contributed by atoms with Crippen LogP contribution in [0, 0.1) is 13.8 Å². The highest BCUT2D eigenvalue weighted by Crippen LogP contribution is 2.40. The molecule has 2 amide bonds. The van der Waals surface area contributed by atoms with E-state index in [9.17, 15) is 9.59 Å². The van der Waals surface area contributed by atoms with Crippen molar-refractivity contribution in [3.05, 3.63) is 106 Å². The molecule has 2 N–H and O–H groups in total. The number of nitrogens with zero attached hydrogens (tertiary/aromatic N) is 4. The zero-order valence-electron chi connectivity index (χ0n) is 22.9. The van der Waals surface area contributed by atoms with Crippen molar-refractivity contribution in [1.29, 1.82) is 0 Å². The Morgan fingerprint density at radius 3 is 1.50 bits per heavy atom. The van der Waals surface area contributed by atoms with Crippen molar-refractivity contribution in [2.24, 2.45) is 0 Å². The molecule has 0 aliphatic heterocycles. The van der Waals surface area contributed by atoms with E-state index in [1.165, 1.54) is 0 Å². The summed E-state index contributed by atoms with van der Waals surface area (Å²) in [5.41, 5.74) is 6.03. The molecule has 2 heterocycles. The van der Waals surface area contributed by atoms with Crippen LogP contribution in [-0.4, -0.2) is 32.2 Å². The van der Waals surface area contributed by atoms with Crippen LogP contribution in [0.25, 0.3) is 0 Å². The molecular weight excluding hydrogens is 500 g/mol. The summed E-state index contributed by atoms with van der Waals surface area (Å²) in [4.78, 5) is 25.0. The molecule has 8 heteroatoms. The Bertz CT molecular complexity index is 1360. The fourth-order valence-electron chi connectivity index (χ4n) is 5.32. The second kappa shape index (κ2) is 12.6. The van der Waals surface area contributed by atoms with Gasteiger partial charge in [0.2, 0.25) is 11.8 Å². The average molecular weight is 535 g/mol. The molecule has 2 atom stereocenters. The minimum Gasteiger partial charge on any atom is -0.309 e. The molecule has 2 aromatic carbocycles. The quantitative estimate of drug-likeness (QED) is 0.301. The van der Waals surface area contributed by atoms with Crippen LogP contribution in [0.5, 0.6) is 0 Å². The summed E-state index contributed by atoms with van der Waals surface area (Å²) in [7, 11) is 0. The Morgan fingerprint density at radius 1 is 0.650 bits per heavy atom. The molecule has 40 heavy (non-hydrogen) atoms. The predicted molar refractivity (Wildman–Crippen MR) is 155 cm³/mol. The summed E-state index contributed by atoms with van der Waals surface area (Å²) in [5.74, 6) is 1.22. The molecule has 1 aliphatic carbocycles. The molecule has 1 fully saturated rings. The number of aryl methyl sites for hydroxylation is 2. The lowest BCUT2D eigenvalue weighted by molar-refractivity contribution is -0.116. The topological polar surface area (TPSA) is 110 Å². The van der Waals surface area contributed by atoms with Crippen LogP contribution in [-0.2, 0) is 22.4 Å². The number of hydrogen-bond donors (Lipinski definition) is 2. The first-order valence-electron chi connectivity index (χ1n) is 13.8. The molecule has 0 spiro atoms. The van der Waals surface area contributed by atoms with Crippen molar-refractivity contribution in [2.75, 3.05) is 10.6 Å². The van der Waals surface area contributed by atoms with Crippen LogP contribution in [0.3, 0.4) is 0 Å². The van der Waals surface area contributed by atoms with Gasteiger partial charge in [-0.25, -0.2) is 0 Å². The van der Waals surface area contributed by atoms with Crippen LogP contribution >= 0.6 is 0 Å². The van der Waals surface area contributed by atoms with E-state index in [0.29, 0.717) is 24.5 Å². The number of carbonyl (C=O) groups excluding carboxylic acids is 2. The van der Waals surface area contributed by atoms with Gasteiger partial charge in [-0.15, -0.1) is 10.2 Å². The highest BCUT2D eigenvalue weighted by molar-refractivity contribution is 5.92. The van der Waals surface area contributed by atoms with E-state index in [2.05, 4.69) is 31.0 Å². The monoisotopic (exact) mass is 534 g/mol. The molecule has 1 aliphatic rings. The molecule has 1 saturated carbocycles. The second-order valence-corrected chi connectivity index (χ2v) is 10.6. The Kier molecular flexibility index (Phi) is 8.54. The lowest BCUT2D eigenvalue weighted by Gasteiger charge is -2.28. The average Bonchev–Trinajstić information content (AvgIpc) is 2.96. The van der Waals surface area contributed by atoms with E-state index in [-0.39, 0.29) is 23.7 Å². The highest BCUT2D eigenvalue weighted by atomic mass is 16.2. The predicted octanol–water partition coefficient (Wildman–Crippen LogP) is 5.69. The van der Waals surface area contributed by atoms with E-state index in [1.54, 1.807) is 0 Å². The maximum atomic E-state index is 12.5. The minimum absolute atomic E-state index is 0.109. The van der Waals surface area contributed by atoms with Gasteiger partial charge in [-0.1, -0.05) is 55.0 Å². The summed E-state index contributed by atoms with van der Waals surface area (Å²) in [6.07, 6.45) is 4.63. The highest BCUT2D eigenvalue weighted by Gasteiger charge is 2.27. The van der Waals surface area contributed by atoms with Gasteiger partial charge in [-0.3, -0.25) is 9.59 Å². The van der Waals surface area contributed by atoms with E-state index in [1.807, 2.05) is 86.6 Å². The Balaban J connectivity index is 1.15.